The van der Waals surface area contributed by atoms with Crippen LogP contribution in [0.25, 0.3) is 0 Å². The molecule has 9 heteroatoms. The van der Waals surface area contributed by atoms with E-state index >= 15 is 0 Å². The zero-order valence-corrected chi connectivity index (χ0v) is 6.41. The van der Waals surface area contributed by atoms with Gasteiger partial charge in [-0.25, -0.2) is 5.12 Å². The van der Waals surface area contributed by atoms with E-state index in [1.54, 1.807) is 6.20 Å². The maximum atomic E-state index is 5.20. The van der Waals surface area contributed by atoms with Crippen molar-refractivity contribution in [3.8, 4) is 0 Å². The molecule has 0 aliphatic carbocycles. The number of nitrogens with one attached hydrogen (secondary N) is 4. The van der Waals surface area contributed by atoms with Crippen molar-refractivity contribution in [1.82, 2.24) is 32.3 Å². The van der Waals surface area contributed by atoms with Gasteiger partial charge in [-0.15, -0.1) is 10.7 Å². The molecule has 0 amide bonds. The summed E-state index contributed by atoms with van der Waals surface area (Å²) in [6.45, 7) is 0.491. The first-order valence-corrected chi connectivity index (χ1v) is 3.23. The van der Waals surface area contributed by atoms with Gasteiger partial charge >= 0.3 is 0 Å². The number of nitrogens with two attached hydrogens (primary N) is 3. The van der Waals surface area contributed by atoms with E-state index in [0.717, 1.165) is 5.70 Å². The molecular weight excluding hydrogens is 162 g/mol. The van der Waals surface area contributed by atoms with Gasteiger partial charge < -0.3 is 5.43 Å². The minimum absolute atomic E-state index is 0.491. The zero-order valence-electron chi connectivity index (χ0n) is 6.41. The van der Waals surface area contributed by atoms with Crippen molar-refractivity contribution >= 4 is 0 Å². The fraction of sp³-hybridized carbons (Fsp3) is 0.333. The van der Waals surface area contributed by atoms with Crippen LogP contribution in [0.1, 0.15) is 0 Å². The molecule has 70 valence electrons. The van der Waals surface area contributed by atoms with Crippen LogP contribution >= 0.6 is 0 Å². The van der Waals surface area contributed by atoms with Crippen LogP contribution in [0.5, 0.6) is 0 Å². The van der Waals surface area contributed by atoms with Crippen LogP contribution in [0, 0.1) is 0 Å². The maximum Gasteiger partial charge on any atom is 0.0747 e. The molecule has 0 aromatic rings. The second-order valence-electron chi connectivity index (χ2n) is 2.11. The SMILES string of the molecule is NNC1=CN(NN)NN(NN)C1. The molecular formula is C3H13N9. The van der Waals surface area contributed by atoms with Crippen molar-refractivity contribution in [3.63, 3.8) is 0 Å². The quantitative estimate of drug-likeness (QED) is 0.170. The van der Waals surface area contributed by atoms with Gasteiger partial charge in [0.2, 0.25) is 0 Å². The Hall–Kier alpha value is -0.940. The van der Waals surface area contributed by atoms with Gasteiger partial charge in [-0.3, -0.25) is 17.5 Å². The molecule has 0 fully saturated rings. The third-order valence-electron chi connectivity index (χ3n) is 1.32. The predicted octanol–water partition coefficient (Wildman–Crippen LogP) is -3.92. The molecule has 1 rings (SSSR count). The highest BCUT2D eigenvalue weighted by Gasteiger charge is 2.14. The Bertz CT molecular complexity index is 165. The summed E-state index contributed by atoms with van der Waals surface area (Å²) in [6, 6.07) is 0. The van der Waals surface area contributed by atoms with E-state index in [2.05, 4.69) is 22.0 Å². The molecule has 0 radical (unpaired) electrons. The molecule has 10 N–H and O–H groups in total. The molecule has 0 saturated carbocycles. The summed E-state index contributed by atoms with van der Waals surface area (Å²) in [4.78, 5) is 0. The Balaban J connectivity index is 2.57. The monoisotopic (exact) mass is 175 g/mol. The predicted molar refractivity (Wildman–Crippen MR) is 41.7 cm³/mol. The van der Waals surface area contributed by atoms with E-state index in [1.165, 1.54) is 10.2 Å². The lowest BCUT2D eigenvalue weighted by Crippen LogP contribution is -2.64. The standard InChI is InChI=1S/C3H13N9/c4-7-3-1-11(8-5)10-12(2-3)9-6/h1,7-10H,2,4-6H2. The van der Waals surface area contributed by atoms with Gasteiger partial charge in [0.15, 0.2) is 0 Å². The second-order valence-corrected chi connectivity index (χ2v) is 2.11. The third kappa shape index (κ3) is 2.02. The highest BCUT2D eigenvalue weighted by Crippen LogP contribution is 1.96. The van der Waals surface area contributed by atoms with Crippen LogP contribution in [0.3, 0.4) is 0 Å². The van der Waals surface area contributed by atoms with Gasteiger partial charge in [-0.05, 0) is 0 Å². The molecule has 1 heterocycles. The fourth-order valence-corrected chi connectivity index (χ4v) is 0.785. The minimum atomic E-state index is 0.491. The Morgan fingerprint density at radius 2 is 2.08 bits per heavy atom. The normalized spacial score (nSPS) is 19.2. The average molecular weight is 175 g/mol. The second kappa shape index (κ2) is 4.18. The van der Waals surface area contributed by atoms with Crippen molar-refractivity contribution in [2.75, 3.05) is 6.54 Å². The minimum Gasteiger partial charge on any atom is -0.325 e. The highest BCUT2D eigenvalue weighted by molar-refractivity contribution is 5.00. The van der Waals surface area contributed by atoms with Gasteiger partial charge in [-0.2, -0.15) is 11.1 Å². The first-order valence-electron chi connectivity index (χ1n) is 3.23. The van der Waals surface area contributed by atoms with E-state index < -0.39 is 0 Å². The summed E-state index contributed by atoms with van der Waals surface area (Å²) in [6.07, 6.45) is 1.65. The van der Waals surface area contributed by atoms with Crippen LogP contribution in [-0.4, -0.2) is 16.8 Å². The van der Waals surface area contributed by atoms with Crippen LogP contribution < -0.4 is 39.6 Å². The molecule has 0 atom stereocenters. The van der Waals surface area contributed by atoms with Crippen molar-refractivity contribution in [1.29, 1.82) is 0 Å². The van der Waals surface area contributed by atoms with E-state index in [4.69, 9.17) is 17.5 Å². The molecule has 0 aromatic heterocycles. The number of hydrogen-bond acceptors (Lipinski definition) is 9. The van der Waals surface area contributed by atoms with Gasteiger partial charge in [-0.1, -0.05) is 0 Å². The summed E-state index contributed by atoms with van der Waals surface area (Å²) in [5, 5.41) is 2.84. The van der Waals surface area contributed by atoms with Crippen LogP contribution in [-0.2, 0) is 0 Å². The van der Waals surface area contributed by atoms with Gasteiger partial charge in [0.05, 0.1) is 18.4 Å². The Morgan fingerprint density at radius 1 is 1.33 bits per heavy atom. The number of rotatable bonds is 3. The van der Waals surface area contributed by atoms with Crippen molar-refractivity contribution in [2.24, 2.45) is 17.5 Å². The lowest BCUT2D eigenvalue weighted by molar-refractivity contribution is -0.0249. The molecule has 12 heavy (non-hydrogen) atoms. The lowest BCUT2D eigenvalue weighted by Gasteiger charge is -2.33. The summed E-state index contributed by atoms with van der Waals surface area (Å²) < 4.78 is 0. The molecule has 9 nitrogen and oxygen atoms in total. The highest BCUT2D eigenvalue weighted by atomic mass is 16.0. The summed E-state index contributed by atoms with van der Waals surface area (Å²) in [7, 11) is 0. The third-order valence-corrected chi connectivity index (χ3v) is 1.32. The molecule has 0 unspecified atom stereocenters. The zero-order chi connectivity index (χ0) is 8.97. The van der Waals surface area contributed by atoms with Gasteiger partial charge in [0, 0.05) is 0 Å². The Kier molecular flexibility index (Phi) is 3.19. The van der Waals surface area contributed by atoms with E-state index in [0.29, 0.717) is 6.54 Å². The largest absolute Gasteiger partial charge is 0.325 e. The molecule has 0 aromatic carbocycles. The van der Waals surface area contributed by atoms with E-state index in [1.807, 2.05) is 0 Å². The smallest absolute Gasteiger partial charge is 0.0747 e. The van der Waals surface area contributed by atoms with Crippen LogP contribution in [0.15, 0.2) is 11.9 Å². The summed E-state index contributed by atoms with van der Waals surface area (Å²) >= 11 is 0. The fourth-order valence-electron chi connectivity index (χ4n) is 0.785. The van der Waals surface area contributed by atoms with Crippen LogP contribution in [0.4, 0.5) is 0 Å². The van der Waals surface area contributed by atoms with Crippen molar-refractivity contribution in [2.45, 2.75) is 0 Å². The first-order chi connectivity index (χ1) is 5.80. The molecule has 0 saturated heterocycles. The summed E-state index contributed by atoms with van der Waals surface area (Å²) in [5.41, 5.74) is 10.7. The van der Waals surface area contributed by atoms with Gasteiger partial charge in [0.1, 0.15) is 0 Å². The van der Waals surface area contributed by atoms with Crippen molar-refractivity contribution < 1.29 is 0 Å². The maximum absolute atomic E-state index is 5.20. The topological polar surface area (TPSA) is 133 Å². The Labute approximate surface area is 69.3 Å². The summed E-state index contributed by atoms with van der Waals surface area (Å²) in [5.74, 6) is 15.5. The molecule has 1 aliphatic rings. The average Bonchev–Trinajstić information content (AvgIpc) is 2.16. The van der Waals surface area contributed by atoms with E-state index in [9.17, 15) is 0 Å². The van der Waals surface area contributed by atoms with E-state index in [-0.39, 0.29) is 0 Å². The first kappa shape index (κ1) is 9.15. The molecule has 0 bridgehead atoms. The number of hydrazine groups is 7. The van der Waals surface area contributed by atoms with Crippen molar-refractivity contribution in [3.05, 3.63) is 11.9 Å². The molecule has 0 spiro atoms. The Morgan fingerprint density at radius 3 is 2.58 bits per heavy atom. The van der Waals surface area contributed by atoms with Crippen LogP contribution in [0.2, 0.25) is 0 Å². The number of nitrogens with zero attached hydrogens (tertiary/aromatic N) is 2. The van der Waals surface area contributed by atoms with Gasteiger partial charge in [0.25, 0.3) is 0 Å². The molecule has 1 aliphatic heterocycles. The lowest BCUT2D eigenvalue weighted by atomic mass is 10.4. The number of hydrogen-bond donors (Lipinski definition) is 7.